The Morgan fingerprint density at radius 2 is 1.71 bits per heavy atom. The Morgan fingerprint density at radius 1 is 1.03 bits per heavy atom. The van der Waals surface area contributed by atoms with E-state index in [1.165, 1.54) is 28.6 Å². The summed E-state index contributed by atoms with van der Waals surface area (Å²) in [4.78, 5) is 24.6. The molecular formula is C21H21F2N5O4S3. The molecular weight excluding hydrogens is 520 g/mol. The Kier molecular flexibility index (Phi) is 8.88. The molecule has 35 heavy (non-hydrogen) atoms. The number of carbonyl (C=O) groups excluding carboxylic acids is 2. The first-order valence-corrected chi connectivity index (χ1v) is 13.5. The number of thioether (sulfide) groups is 1. The minimum atomic E-state index is -3.63. The van der Waals surface area contributed by atoms with E-state index >= 15 is 0 Å². The molecule has 2 amide bonds. The first-order valence-electron chi connectivity index (χ1n) is 10.3. The van der Waals surface area contributed by atoms with Gasteiger partial charge in [-0.1, -0.05) is 36.9 Å². The van der Waals surface area contributed by atoms with Gasteiger partial charge in [-0.3, -0.25) is 14.9 Å². The lowest BCUT2D eigenvalue weighted by molar-refractivity contribution is -0.113. The average molecular weight is 542 g/mol. The van der Waals surface area contributed by atoms with Crippen molar-refractivity contribution in [1.29, 1.82) is 0 Å². The molecule has 3 aromatic rings. The van der Waals surface area contributed by atoms with Crippen molar-refractivity contribution < 1.29 is 26.8 Å². The fourth-order valence-electron chi connectivity index (χ4n) is 2.88. The number of benzene rings is 2. The highest BCUT2D eigenvalue weighted by atomic mass is 32.2. The lowest BCUT2D eigenvalue weighted by Gasteiger charge is -2.18. The highest BCUT2D eigenvalue weighted by Crippen LogP contribution is 2.26. The summed E-state index contributed by atoms with van der Waals surface area (Å²) in [6, 6.07) is 8.36. The van der Waals surface area contributed by atoms with Gasteiger partial charge in [0.1, 0.15) is 11.6 Å². The molecule has 1 heterocycles. The fourth-order valence-corrected chi connectivity index (χ4v) is 5.89. The number of aromatic nitrogens is 2. The van der Waals surface area contributed by atoms with E-state index in [1.807, 2.05) is 0 Å². The Balaban J connectivity index is 1.55. The maximum Gasteiger partial charge on any atom is 0.257 e. The van der Waals surface area contributed by atoms with Gasteiger partial charge in [-0.2, -0.15) is 4.31 Å². The van der Waals surface area contributed by atoms with Gasteiger partial charge in [-0.15, -0.1) is 10.2 Å². The number of hydrogen-bond donors (Lipinski definition) is 2. The van der Waals surface area contributed by atoms with Gasteiger partial charge >= 0.3 is 0 Å². The average Bonchev–Trinajstić information content (AvgIpc) is 3.27. The van der Waals surface area contributed by atoms with Crippen LogP contribution in [-0.2, 0) is 14.8 Å². The molecule has 0 radical (unpaired) electrons. The molecule has 0 aliphatic rings. The third kappa shape index (κ3) is 6.81. The monoisotopic (exact) mass is 541 g/mol. The van der Waals surface area contributed by atoms with Crippen LogP contribution in [0.5, 0.6) is 0 Å². The molecule has 14 heteroatoms. The number of rotatable bonds is 10. The molecule has 0 bridgehead atoms. The number of anilines is 2. The maximum absolute atomic E-state index is 13.6. The van der Waals surface area contributed by atoms with Crippen LogP contribution in [0.3, 0.4) is 0 Å². The first-order chi connectivity index (χ1) is 16.6. The number of sulfonamides is 1. The molecule has 0 atom stereocenters. The third-order valence-corrected chi connectivity index (χ3v) is 8.65. The van der Waals surface area contributed by atoms with Crippen LogP contribution < -0.4 is 10.6 Å². The van der Waals surface area contributed by atoms with E-state index in [4.69, 9.17) is 0 Å². The molecule has 9 nitrogen and oxygen atoms in total. The van der Waals surface area contributed by atoms with E-state index in [0.29, 0.717) is 23.5 Å². The van der Waals surface area contributed by atoms with Crippen molar-refractivity contribution in [2.75, 3.05) is 29.5 Å². The normalized spacial score (nSPS) is 11.5. The summed E-state index contributed by atoms with van der Waals surface area (Å²) in [5.74, 6) is -2.78. The SMILES string of the molecule is CCN(CC)S(=O)(=O)c1ccc(C(=O)Nc2nnc(SCC(=O)Nc3ccc(F)cc3F)s2)cc1. The quantitative estimate of drug-likeness (QED) is 0.296. The van der Waals surface area contributed by atoms with Crippen molar-refractivity contribution in [3.05, 3.63) is 59.7 Å². The molecule has 1 aromatic heterocycles. The third-order valence-electron chi connectivity index (χ3n) is 4.62. The summed E-state index contributed by atoms with van der Waals surface area (Å²) in [5, 5.41) is 12.8. The minimum absolute atomic E-state index is 0.0890. The Hall–Kier alpha value is -2.94. The molecule has 0 aliphatic heterocycles. The second kappa shape index (κ2) is 11.7. The van der Waals surface area contributed by atoms with E-state index in [9.17, 15) is 26.8 Å². The Bertz CT molecular complexity index is 1310. The molecule has 2 N–H and O–H groups in total. The first kappa shape index (κ1) is 26.7. The van der Waals surface area contributed by atoms with Crippen molar-refractivity contribution >= 4 is 55.8 Å². The highest BCUT2D eigenvalue weighted by Gasteiger charge is 2.22. The van der Waals surface area contributed by atoms with Crippen LogP contribution in [0.15, 0.2) is 51.7 Å². The van der Waals surface area contributed by atoms with Gasteiger partial charge in [0.15, 0.2) is 4.34 Å². The van der Waals surface area contributed by atoms with E-state index < -0.39 is 33.5 Å². The maximum atomic E-state index is 13.6. The number of nitrogens with one attached hydrogen (secondary N) is 2. The largest absolute Gasteiger partial charge is 0.323 e. The zero-order valence-corrected chi connectivity index (χ0v) is 21.1. The van der Waals surface area contributed by atoms with Crippen LogP contribution >= 0.6 is 23.1 Å². The smallest absolute Gasteiger partial charge is 0.257 e. The molecule has 0 aliphatic carbocycles. The standard InChI is InChI=1S/C21H21F2N5O4S3/c1-3-28(4-2)35(31,32)15-8-5-13(6-9-15)19(30)25-20-26-27-21(34-20)33-12-18(29)24-17-10-7-14(22)11-16(17)23/h5-11H,3-4,12H2,1-2H3,(H,24,29)(H,25,26,30). The zero-order chi connectivity index (χ0) is 25.6. The molecule has 0 spiro atoms. The molecule has 2 aromatic carbocycles. The number of nitrogens with zero attached hydrogens (tertiary/aromatic N) is 3. The second-order valence-electron chi connectivity index (χ2n) is 6.90. The van der Waals surface area contributed by atoms with Crippen LogP contribution in [0.25, 0.3) is 0 Å². The van der Waals surface area contributed by atoms with Gasteiger partial charge < -0.3 is 5.32 Å². The number of halogens is 2. The van der Waals surface area contributed by atoms with Gasteiger partial charge in [0.2, 0.25) is 21.1 Å². The molecule has 0 fully saturated rings. The second-order valence-corrected chi connectivity index (χ2v) is 11.0. The summed E-state index contributed by atoms with van der Waals surface area (Å²) in [6.45, 7) is 4.16. The number of hydrogen-bond acceptors (Lipinski definition) is 8. The van der Waals surface area contributed by atoms with E-state index in [2.05, 4.69) is 20.8 Å². The zero-order valence-electron chi connectivity index (χ0n) is 18.6. The van der Waals surface area contributed by atoms with Crippen molar-refractivity contribution in [3.8, 4) is 0 Å². The van der Waals surface area contributed by atoms with Crippen molar-refractivity contribution in [3.63, 3.8) is 0 Å². The van der Waals surface area contributed by atoms with Crippen molar-refractivity contribution in [2.24, 2.45) is 0 Å². The van der Waals surface area contributed by atoms with Crippen molar-refractivity contribution in [1.82, 2.24) is 14.5 Å². The van der Waals surface area contributed by atoms with Crippen LogP contribution in [0, 0.1) is 11.6 Å². The predicted molar refractivity (Wildman–Crippen MR) is 130 cm³/mol. The van der Waals surface area contributed by atoms with Crippen LogP contribution in [0.4, 0.5) is 19.6 Å². The summed E-state index contributed by atoms with van der Waals surface area (Å²) in [7, 11) is -3.63. The molecule has 3 rings (SSSR count). The number of amides is 2. The van der Waals surface area contributed by atoms with E-state index in [0.717, 1.165) is 35.2 Å². The lowest BCUT2D eigenvalue weighted by Crippen LogP contribution is -2.30. The van der Waals surface area contributed by atoms with Gasteiger partial charge in [0, 0.05) is 24.7 Å². The van der Waals surface area contributed by atoms with Gasteiger partial charge in [0.25, 0.3) is 5.91 Å². The highest BCUT2D eigenvalue weighted by molar-refractivity contribution is 8.01. The number of carbonyl (C=O) groups is 2. The van der Waals surface area contributed by atoms with Crippen LogP contribution in [0.1, 0.15) is 24.2 Å². The molecule has 186 valence electrons. The molecule has 0 unspecified atom stereocenters. The molecule has 0 saturated heterocycles. The van der Waals surface area contributed by atoms with Crippen LogP contribution in [-0.4, -0.2) is 53.6 Å². The van der Waals surface area contributed by atoms with E-state index in [1.54, 1.807) is 13.8 Å². The van der Waals surface area contributed by atoms with Gasteiger partial charge in [-0.25, -0.2) is 17.2 Å². The summed E-state index contributed by atoms with van der Waals surface area (Å²) < 4.78 is 53.4. The van der Waals surface area contributed by atoms with Gasteiger partial charge in [-0.05, 0) is 36.4 Å². The van der Waals surface area contributed by atoms with Crippen molar-refractivity contribution in [2.45, 2.75) is 23.1 Å². The summed E-state index contributed by atoms with van der Waals surface area (Å²) in [6.07, 6.45) is 0. The minimum Gasteiger partial charge on any atom is -0.323 e. The Morgan fingerprint density at radius 3 is 2.34 bits per heavy atom. The summed E-state index contributed by atoms with van der Waals surface area (Å²) >= 11 is 2.05. The fraction of sp³-hybridized carbons (Fsp3) is 0.238. The lowest BCUT2D eigenvalue weighted by atomic mass is 10.2. The predicted octanol–water partition coefficient (Wildman–Crippen LogP) is 3.83. The van der Waals surface area contributed by atoms with Gasteiger partial charge in [0.05, 0.1) is 16.3 Å². The van der Waals surface area contributed by atoms with Crippen LogP contribution in [0.2, 0.25) is 0 Å². The molecule has 0 saturated carbocycles. The topological polar surface area (TPSA) is 121 Å². The van der Waals surface area contributed by atoms with E-state index in [-0.39, 0.29) is 27.0 Å². The Labute approximate surface area is 209 Å². The summed E-state index contributed by atoms with van der Waals surface area (Å²) in [5.41, 5.74) is 0.0896.